The van der Waals surface area contributed by atoms with Crippen molar-refractivity contribution in [3.05, 3.63) is 23.8 Å². The lowest BCUT2D eigenvalue weighted by atomic mass is 10.1. The summed E-state index contributed by atoms with van der Waals surface area (Å²) in [6, 6.07) is 6.14. The number of rotatable bonds is 5. The molecule has 0 spiro atoms. The first-order chi connectivity index (χ1) is 8.50. The third kappa shape index (κ3) is 3.15. The number of hydrogen-bond donors (Lipinski definition) is 1. The minimum Gasteiger partial charge on any atom is -0.454 e. The standard InChI is InChI=1S/C14H22N2O2/c1-14(2,15-3)9-16(4)8-11-5-6-12-13(7-11)18-10-17-12/h5-7,15H,8-10H2,1-4H3. The van der Waals surface area contributed by atoms with Gasteiger partial charge in [0.25, 0.3) is 0 Å². The maximum atomic E-state index is 5.39. The van der Waals surface area contributed by atoms with Gasteiger partial charge in [-0.25, -0.2) is 0 Å². The fourth-order valence-electron chi connectivity index (χ4n) is 2.16. The van der Waals surface area contributed by atoms with Crippen LogP contribution in [0.1, 0.15) is 19.4 Å². The van der Waals surface area contributed by atoms with Crippen molar-refractivity contribution >= 4 is 0 Å². The summed E-state index contributed by atoms with van der Waals surface area (Å²) in [5, 5.41) is 3.31. The summed E-state index contributed by atoms with van der Waals surface area (Å²) in [5.74, 6) is 1.70. The zero-order valence-corrected chi connectivity index (χ0v) is 11.6. The van der Waals surface area contributed by atoms with Crippen molar-refractivity contribution in [2.24, 2.45) is 0 Å². The summed E-state index contributed by atoms with van der Waals surface area (Å²) in [4.78, 5) is 2.30. The summed E-state index contributed by atoms with van der Waals surface area (Å²) in [6.45, 7) is 6.62. The highest BCUT2D eigenvalue weighted by Crippen LogP contribution is 2.32. The summed E-state index contributed by atoms with van der Waals surface area (Å²) < 4.78 is 10.7. The molecule has 1 aliphatic rings. The third-order valence-electron chi connectivity index (χ3n) is 3.23. The highest BCUT2D eigenvalue weighted by molar-refractivity contribution is 5.44. The molecule has 1 aromatic rings. The van der Waals surface area contributed by atoms with Gasteiger partial charge in [-0.3, -0.25) is 0 Å². The van der Waals surface area contributed by atoms with E-state index in [2.05, 4.69) is 43.2 Å². The van der Waals surface area contributed by atoms with Crippen LogP contribution in [0.3, 0.4) is 0 Å². The molecule has 0 saturated carbocycles. The van der Waals surface area contributed by atoms with Crippen LogP contribution in [0.15, 0.2) is 18.2 Å². The lowest BCUT2D eigenvalue weighted by molar-refractivity contribution is 0.174. The van der Waals surface area contributed by atoms with Gasteiger partial charge >= 0.3 is 0 Å². The van der Waals surface area contributed by atoms with Gasteiger partial charge in [0.05, 0.1) is 0 Å². The number of hydrogen-bond acceptors (Lipinski definition) is 4. The van der Waals surface area contributed by atoms with Gasteiger partial charge in [0.1, 0.15) is 0 Å². The molecule has 100 valence electrons. The Kier molecular flexibility index (Phi) is 3.78. The van der Waals surface area contributed by atoms with E-state index in [1.807, 2.05) is 13.1 Å². The molecule has 0 bridgehead atoms. The largest absolute Gasteiger partial charge is 0.454 e. The number of likely N-dealkylation sites (N-methyl/N-ethyl adjacent to an activating group) is 2. The lowest BCUT2D eigenvalue weighted by Crippen LogP contribution is -2.46. The van der Waals surface area contributed by atoms with Crippen LogP contribution in [0.25, 0.3) is 0 Å². The molecule has 2 rings (SSSR count). The Morgan fingerprint density at radius 1 is 1.28 bits per heavy atom. The lowest BCUT2D eigenvalue weighted by Gasteiger charge is -2.30. The third-order valence-corrected chi connectivity index (χ3v) is 3.23. The van der Waals surface area contributed by atoms with Crippen LogP contribution in [-0.4, -0.2) is 37.9 Å². The first kappa shape index (κ1) is 13.2. The summed E-state index contributed by atoms with van der Waals surface area (Å²) in [7, 11) is 4.12. The average molecular weight is 250 g/mol. The van der Waals surface area contributed by atoms with Crippen LogP contribution in [0, 0.1) is 0 Å². The monoisotopic (exact) mass is 250 g/mol. The van der Waals surface area contributed by atoms with E-state index in [9.17, 15) is 0 Å². The van der Waals surface area contributed by atoms with E-state index in [1.54, 1.807) is 0 Å². The molecule has 4 heteroatoms. The fraction of sp³-hybridized carbons (Fsp3) is 0.571. The van der Waals surface area contributed by atoms with Gasteiger partial charge in [-0.1, -0.05) is 6.07 Å². The van der Waals surface area contributed by atoms with Crippen LogP contribution in [0.2, 0.25) is 0 Å². The van der Waals surface area contributed by atoms with E-state index in [1.165, 1.54) is 5.56 Å². The molecule has 0 aliphatic carbocycles. The van der Waals surface area contributed by atoms with Crippen molar-refractivity contribution in [1.82, 2.24) is 10.2 Å². The van der Waals surface area contributed by atoms with Crippen molar-refractivity contribution in [3.8, 4) is 11.5 Å². The number of nitrogens with zero attached hydrogens (tertiary/aromatic N) is 1. The van der Waals surface area contributed by atoms with Crippen LogP contribution in [0.5, 0.6) is 11.5 Å². The van der Waals surface area contributed by atoms with Crippen molar-refractivity contribution in [2.45, 2.75) is 25.9 Å². The van der Waals surface area contributed by atoms with Gasteiger partial charge in [-0.05, 0) is 45.6 Å². The molecular weight excluding hydrogens is 228 g/mol. The zero-order valence-electron chi connectivity index (χ0n) is 11.6. The van der Waals surface area contributed by atoms with Crippen molar-refractivity contribution < 1.29 is 9.47 Å². The van der Waals surface area contributed by atoms with Gasteiger partial charge < -0.3 is 19.7 Å². The molecule has 0 fully saturated rings. The van der Waals surface area contributed by atoms with E-state index < -0.39 is 0 Å². The van der Waals surface area contributed by atoms with Gasteiger partial charge in [0.15, 0.2) is 11.5 Å². The predicted octanol–water partition coefficient (Wildman–Crippen LogP) is 1.85. The maximum absolute atomic E-state index is 5.39. The first-order valence-corrected chi connectivity index (χ1v) is 6.26. The van der Waals surface area contributed by atoms with E-state index in [-0.39, 0.29) is 5.54 Å². The van der Waals surface area contributed by atoms with Crippen molar-refractivity contribution in [2.75, 3.05) is 27.4 Å². The summed E-state index contributed by atoms with van der Waals surface area (Å²) in [5.41, 5.74) is 1.36. The highest BCUT2D eigenvalue weighted by Gasteiger charge is 2.18. The number of fused-ring (bicyclic) bond motifs is 1. The first-order valence-electron chi connectivity index (χ1n) is 6.26. The molecule has 1 N–H and O–H groups in total. The topological polar surface area (TPSA) is 33.7 Å². The zero-order chi connectivity index (χ0) is 13.2. The van der Waals surface area contributed by atoms with E-state index in [0.717, 1.165) is 24.6 Å². The molecular formula is C14H22N2O2. The average Bonchev–Trinajstić information content (AvgIpc) is 2.75. The number of ether oxygens (including phenoxy) is 2. The Morgan fingerprint density at radius 3 is 2.72 bits per heavy atom. The van der Waals surface area contributed by atoms with E-state index >= 15 is 0 Å². The second-order valence-corrected chi connectivity index (χ2v) is 5.49. The molecule has 0 amide bonds. The second kappa shape index (κ2) is 5.16. The van der Waals surface area contributed by atoms with Crippen molar-refractivity contribution in [3.63, 3.8) is 0 Å². The molecule has 18 heavy (non-hydrogen) atoms. The van der Waals surface area contributed by atoms with Crippen LogP contribution in [-0.2, 0) is 6.54 Å². The molecule has 1 heterocycles. The Bertz CT molecular complexity index is 418. The van der Waals surface area contributed by atoms with Gasteiger partial charge in [0, 0.05) is 18.6 Å². The SMILES string of the molecule is CNC(C)(C)CN(C)Cc1ccc2c(c1)OCO2. The van der Waals surface area contributed by atoms with E-state index in [0.29, 0.717) is 6.79 Å². The summed E-state index contributed by atoms with van der Waals surface area (Å²) >= 11 is 0. The molecule has 1 aromatic carbocycles. The highest BCUT2D eigenvalue weighted by atomic mass is 16.7. The Balaban J connectivity index is 1.97. The smallest absolute Gasteiger partial charge is 0.231 e. The molecule has 1 aliphatic heterocycles. The predicted molar refractivity (Wildman–Crippen MR) is 72.0 cm³/mol. The normalized spacial score (nSPS) is 14.3. The van der Waals surface area contributed by atoms with Crippen LogP contribution in [0.4, 0.5) is 0 Å². The van der Waals surface area contributed by atoms with Crippen LogP contribution >= 0.6 is 0 Å². The minimum absolute atomic E-state index is 0.116. The Morgan fingerprint density at radius 2 is 2.00 bits per heavy atom. The van der Waals surface area contributed by atoms with Gasteiger partial charge in [-0.15, -0.1) is 0 Å². The van der Waals surface area contributed by atoms with E-state index in [4.69, 9.17) is 9.47 Å². The summed E-state index contributed by atoms with van der Waals surface area (Å²) in [6.07, 6.45) is 0. The fourth-order valence-corrected chi connectivity index (χ4v) is 2.16. The molecule has 4 nitrogen and oxygen atoms in total. The van der Waals surface area contributed by atoms with Crippen LogP contribution < -0.4 is 14.8 Å². The molecule has 0 aromatic heterocycles. The molecule has 0 unspecified atom stereocenters. The van der Waals surface area contributed by atoms with Gasteiger partial charge in [0.2, 0.25) is 6.79 Å². The quantitative estimate of drug-likeness (QED) is 0.864. The number of benzene rings is 1. The second-order valence-electron chi connectivity index (χ2n) is 5.49. The molecule has 0 saturated heterocycles. The molecule has 0 atom stereocenters. The van der Waals surface area contributed by atoms with Gasteiger partial charge in [-0.2, -0.15) is 0 Å². The minimum atomic E-state index is 0.116. The number of nitrogens with one attached hydrogen (secondary N) is 1. The maximum Gasteiger partial charge on any atom is 0.231 e. The Labute approximate surface area is 109 Å². The van der Waals surface area contributed by atoms with Crippen molar-refractivity contribution in [1.29, 1.82) is 0 Å². The Hall–Kier alpha value is -1.26. The molecule has 0 radical (unpaired) electrons.